The Morgan fingerprint density at radius 2 is 0.567 bits per heavy atom. The van der Waals surface area contributed by atoms with E-state index in [1.54, 1.807) is 45.3 Å². The minimum absolute atomic E-state index is 0.601. The molecular weight excluding hydrogens is 817 g/mol. The Morgan fingerprint density at radius 3 is 0.767 bits per heavy atom. The maximum absolute atomic E-state index is 5.46. The Labute approximate surface area is 362 Å². The molecule has 7 aromatic heterocycles. The lowest BCUT2D eigenvalue weighted by atomic mass is 9.95. The van der Waals surface area contributed by atoms with E-state index >= 15 is 0 Å². The number of nitrogens with zero attached hydrogens (tertiary/aromatic N) is 6. The summed E-state index contributed by atoms with van der Waals surface area (Å²) in [5.74, 6) is 2.40. The van der Waals surface area contributed by atoms with Crippen LogP contribution in [0.5, 0.6) is 0 Å². The number of nitrogens with one attached hydrogen (secondary N) is 2. The van der Waals surface area contributed by atoms with Gasteiger partial charge in [-0.2, -0.15) is 0 Å². The summed E-state index contributed by atoms with van der Waals surface area (Å²) < 4.78 is 0. The number of benzene rings is 2. The second-order valence-electron chi connectivity index (χ2n) is 15.5. The van der Waals surface area contributed by atoms with Crippen molar-refractivity contribution in [1.29, 1.82) is 0 Å². The van der Waals surface area contributed by atoms with Crippen molar-refractivity contribution in [2.75, 3.05) is 0 Å². The van der Waals surface area contributed by atoms with Gasteiger partial charge in [0.1, 0.15) is 22.6 Å². The van der Waals surface area contributed by atoms with Crippen molar-refractivity contribution in [3.63, 3.8) is 0 Å². The van der Waals surface area contributed by atoms with Gasteiger partial charge in [0, 0.05) is 105 Å². The zero-order valence-corrected chi connectivity index (χ0v) is 37.5. The number of aryl methyl sites for hydroxylation is 8. The lowest BCUT2D eigenvalue weighted by Crippen LogP contribution is -1.94. The average Bonchev–Trinajstić information content (AvgIpc) is 4.10. The third-order valence-corrected chi connectivity index (χ3v) is 15.1. The van der Waals surface area contributed by atoms with Crippen LogP contribution in [0.4, 0.5) is 0 Å². The second kappa shape index (κ2) is 13.8. The Hall–Kier alpha value is -5.92. The third kappa shape index (κ3) is 5.88. The van der Waals surface area contributed by atoms with Crippen molar-refractivity contribution in [1.82, 2.24) is 39.9 Å². The molecule has 2 aromatic carbocycles. The van der Waals surface area contributed by atoms with Gasteiger partial charge in [0.25, 0.3) is 0 Å². The maximum atomic E-state index is 5.46. The number of fused-ring (bicyclic) bond motifs is 14. The number of aromatic amines is 2. The summed E-state index contributed by atoms with van der Waals surface area (Å²) in [6.07, 6.45) is 0. The van der Waals surface area contributed by atoms with Crippen molar-refractivity contribution < 1.29 is 0 Å². The number of thiophene rings is 4. The van der Waals surface area contributed by atoms with Crippen LogP contribution < -0.4 is 0 Å². The standard InChI is InChI=1S/C48H38N8S4/c1-21-17-33(25(5)57-21)37-38(34-18-22(2)58-26(34)6)46-52-42-31-15-11-12-16-32(31)44(50-42)54-48-40(36-20-24(4)60-28(36)8)39(35-19-23(3)59-27(35)7)47(56-48)53-43-30-14-10-9-13-29(30)41(49-43)51-45(37)55-46/h9-20H,1-8H3,(H2,49,50,51,52,53,54,55,56). The molecule has 0 fully saturated rings. The normalized spacial score (nSPS) is 13.2. The van der Waals surface area contributed by atoms with E-state index in [1.165, 1.54) is 39.0 Å². The van der Waals surface area contributed by atoms with Gasteiger partial charge in [0.05, 0.1) is 0 Å². The van der Waals surface area contributed by atoms with Crippen LogP contribution in [0.2, 0.25) is 0 Å². The topological polar surface area (TPSA) is 109 Å². The Morgan fingerprint density at radius 1 is 0.333 bits per heavy atom. The summed E-state index contributed by atoms with van der Waals surface area (Å²) in [7, 11) is 0. The van der Waals surface area contributed by atoms with Crippen LogP contribution in [0.3, 0.4) is 0 Å². The molecule has 0 atom stereocenters. The van der Waals surface area contributed by atoms with Crippen molar-refractivity contribution in [3.8, 4) is 0 Å². The molecule has 0 spiro atoms. The van der Waals surface area contributed by atoms with E-state index in [0.717, 1.165) is 66.1 Å². The molecular formula is C48H38N8S4. The number of hydrogen-bond acceptors (Lipinski definition) is 10. The number of rotatable bonds is 4. The van der Waals surface area contributed by atoms with Crippen molar-refractivity contribution >= 4 is 112 Å². The van der Waals surface area contributed by atoms with E-state index in [9.17, 15) is 0 Å². The molecule has 8 nitrogen and oxygen atoms in total. The molecule has 2 N–H and O–H groups in total. The van der Waals surface area contributed by atoms with Crippen LogP contribution in [0.25, 0.3) is 66.4 Å². The first-order valence-electron chi connectivity index (χ1n) is 19.8. The van der Waals surface area contributed by atoms with E-state index in [-0.39, 0.29) is 0 Å². The van der Waals surface area contributed by atoms with E-state index in [0.29, 0.717) is 45.9 Å². The van der Waals surface area contributed by atoms with E-state index in [1.807, 2.05) is 24.3 Å². The summed E-state index contributed by atoms with van der Waals surface area (Å²) in [5.41, 5.74) is 11.0. The first-order chi connectivity index (χ1) is 29.0. The quantitative estimate of drug-likeness (QED) is 0.182. The maximum Gasteiger partial charge on any atom is 0.165 e. The fourth-order valence-corrected chi connectivity index (χ4v) is 12.5. The fourth-order valence-electron chi connectivity index (χ4n) is 8.79. The number of aromatic nitrogens is 8. The molecule has 2 aliphatic rings. The smallest absolute Gasteiger partial charge is 0.165 e. The lowest BCUT2D eigenvalue weighted by molar-refractivity contribution is 1.10. The highest BCUT2D eigenvalue weighted by atomic mass is 32.1. The molecule has 0 aliphatic carbocycles. The zero-order valence-electron chi connectivity index (χ0n) is 34.2. The van der Waals surface area contributed by atoms with Crippen LogP contribution in [0, 0.1) is 55.4 Å². The number of hydrogen-bond donors (Lipinski definition) is 2. The van der Waals surface area contributed by atoms with Crippen LogP contribution in [-0.4, -0.2) is 39.9 Å². The van der Waals surface area contributed by atoms with Gasteiger partial charge in [-0.25, -0.2) is 29.9 Å². The molecule has 0 unspecified atom stereocenters. The van der Waals surface area contributed by atoms with Gasteiger partial charge in [-0.1, -0.05) is 48.5 Å². The highest BCUT2D eigenvalue weighted by molar-refractivity contribution is 7.13. The van der Waals surface area contributed by atoms with Crippen LogP contribution >= 0.6 is 45.3 Å². The molecule has 9 heterocycles. The molecule has 9 aromatic rings. The molecule has 12 heteroatoms. The van der Waals surface area contributed by atoms with Crippen molar-refractivity contribution in [2.45, 2.75) is 55.4 Å². The molecule has 2 aliphatic heterocycles. The molecule has 294 valence electrons. The molecule has 0 radical (unpaired) electrons. The first kappa shape index (κ1) is 37.1. The van der Waals surface area contributed by atoms with Gasteiger partial charge in [0.15, 0.2) is 23.3 Å². The number of H-pyrrole nitrogens is 2. The predicted molar refractivity (Wildman–Crippen MR) is 252 cm³/mol. The summed E-state index contributed by atoms with van der Waals surface area (Å²) in [5, 5.41) is 3.78. The highest BCUT2D eigenvalue weighted by Crippen LogP contribution is 2.46. The largest absolute Gasteiger partial charge is 0.324 e. The molecule has 0 saturated carbocycles. The van der Waals surface area contributed by atoms with Gasteiger partial charge in [-0.3, -0.25) is 0 Å². The Bertz CT molecular complexity index is 3090. The average molecular weight is 855 g/mol. The minimum atomic E-state index is 0.601. The molecule has 60 heavy (non-hydrogen) atoms. The predicted octanol–water partition coefficient (Wildman–Crippen LogP) is 12.9. The van der Waals surface area contributed by atoms with Gasteiger partial charge in [-0.15, -0.1) is 45.3 Å². The molecule has 8 bridgehead atoms. The fraction of sp³-hybridized carbons (Fsp3) is 0.167. The molecule has 11 rings (SSSR count). The van der Waals surface area contributed by atoms with Gasteiger partial charge >= 0.3 is 0 Å². The van der Waals surface area contributed by atoms with Crippen molar-refractivity contribution in [3.05, 3.63) is 157 Å². The Balaban J connectivity index is 1.35. The highest BCUT2D eigenvalue weighted by Gasteiger charge is 2.32. The SMILES string of the molecule is Cc1cc(C2=C(c3cc(C)sc3C)c3nc2nc2[nH]c(nc4nc(nc5[nH]c(n3)c3ccccc53)C(c3cc(C)sc3C)=C4c3cc(C)sc3C)c3ccccc23)c(C)s1. The summed E-state index contributed by atoms with van der Waals surface area (Å²) >= 11 is 7.14. The monoisotopic (exact) mass is 854 g/mol. The summed E-state index contributed by atoms with van der Waals surface area (Å²) in [4.78, 5) is 49.7. The summed E-state index contributed by atoms with van der Waals surface area (Å²) in [6, 6.07) is 25.6. The molecule has 0 amide bonds. The van der Waals surface area contributed by atoms with E-state index in [2.05, 4.69) is 114 Å². The first-order valence-corrected chi connectivity index (χ1v) is 23.0. The van der Waals surface area contributed by atoms with Gasteiger partial charge < -0.3 is 9.97 Å². The lowest BCUT2D eigenvalue weighted by Gasteiger charge is -2.07. The van der Waals surface area contributed by atoms with Crippen LogP contribution in [0.1, 0.15) is 84.6 Å². The zero-order chi connectivity index (χ0) is 41.1. The van der Waals surface area contributed by atoms with Crippen LogP contribution in [0.15, 0.2) is 72.8 Å². The van der Waals surface area contributed by atoms with E-state index in [4.69, 9.17) is 29.9 Å². The summed E-state index contributed by atoms with van der Waals surface area (Å²) in [6.45, 7) is 17.4. The molecule has 0 saturated heterocycles. The van der Waals surface area contributed by atoms with Crippen molar-refractivity contribution in [2.24, 2.45) is 0 Å². The van der Waals surface area contributed by atoms with Crippen LogP contribution in [-0.2, 0) is 0 Å². The van der Waals surface area contributed by atoms with Gasteiger partial charge in [-0.05, 0) is 79.7 Å². The van der Waals surface area contributed by atoms with E-state index < -0.39 is 0 Å². The second-order valence-corrected chi connectivity index (χ2v) is 21.4. The third-order valence-electron chi connectivity index (χ3n) is 11.3. The van der Waals surface area contributed by atoms with Gasteiger partial charge in [0.2, 0.25) is 0 Å². The minimum Gasteiger partial charge on any atom is -0.324 e. The Kier molecular flexibility index (Phi) is 8.54.